The van der Waals surface area contributed by atoms with Gasteiger partial charge >= 0.3 is 5.97 Å². The van der Waals surface area contributed by atoms with Gasteiger partial charge in [-0.15, -0.1) is 0 Å². The molecule has 0 unspecified atom stereocenters. The summed E-state index contributed by atoms with van der Waals surface area (Å²) in [5.41, 5.74) is 0.512. The number of rotatable bonds is 4. The summed E-state index contributed by atoms with van der Waals surface area (Å²) in [6, 6.07) is 12.0. The number of carbonyl (C=O) groups excluding carboxylic acids is 2. The molecule has 1 N–H and O–H groups in total. The molecule has 2 aliphatic rings. The Morgan fingerprint density at radius 3 is 2.63 bits per heavy atom. The van der Waals surface area contributed by atoms with E-state index in [9.17, 15) is 9.59 Å². The van der Waals surface area contributed by atoms with Crippen LogP contribution in [-0.2, 0) is 14.3 Å². The highest BCUT2D eigenvalue weighted by Gasteiger charge is 2.31. The number of anilines is 1. The van der Waals surface area contributed by atoms with Crippen LogP contribution in [0.15, 0.2) is 42.5 Å². The summed E-state index contributed by atoms with van der Waals surface area (Å²) in [4.78, 5) is 24.6. The Labute approximate surface area is 154 Å². The average molecular weight is 371 g/mol. The number of para-hydroxylation sites is 2. The van der Waals surface area contributed by atoms with Crippen molar-refractivity contribution in [2.75, 3.05) is 18.7 Å². The number of esters is 1. The first-order valence-corrected chi connectivity index (χ1v) is 8.39. The predicted molar refractivity (Wildman–Crippen MR) is 93.1 cm³/mol. The molecule has 0 aliphatic carbocycles. The molecule has 4 rings (SSSR count). The minimum absolute atomic E-state index is 0.0202. The van der Waals surface area contributed by atoms with Gasteiger partial charge in [-0.05, 0) is 31.2 Å². The van der Waals surface area contributed by atoms with Gasteiger partial charge in [0.05, 0.1) is 0 Å². The summed E-state index contributed by atoms with van der Waals surface area (Å²) in [7, 11) is 0. The highest BCUT2D eigenvalue weighted by Crippen LogP contribution is 2.34. The van der Waals surface area contributed by atoms with E-state index in [0.29, 0.717) is 28.7 Å². The first-order valence-electron chi connectivity index (χ1n) is 8.39. The molecule has 8 heteroatoms. The van der Waals surface area contributed by atoms with Crippen LogP contribution in [0.5, 0.6) is 23.0 Å². The average Bonchev–Trinajstić information content (AvgIpc) is 3.15. The van der Waals surface area contributed by atoms with Crippen LogP contribution in [-0.4, -0.2) is 37.5 Å². The number of fused-ring (bicyclic) bond motifs is 2. The molecule has 0 radical (unpaired) electrons. The first-order chi connectivity index (χ1) is 13.1. The number of hydrogen-bond donors (Lipinski definition) is 1. The third kappa shape index (κ3) is 3.59. The molecule has 2 aliphatic heterocycles. The van der Waals surface area contributed by atoms with Gasteiger partial charge in [0, 0.05) is 11.8 Å². The molecular weight excluding hydrogens is 354 g/mol. The minimum Gasteiger partial charge on any atom is -0.485 e. The van der Waals surface area contributed by atoms with Crippen LogP contribution in [0.2, 0.25) is 0 Å². The van der Waals surface area contributed by atoms with Crippen LogP contribution in [0.1, 0.15) is 6.92 Å². The smallest absolute Gasteiger partial charge is 0.351 e. The summed E-state index contributed by atoms with van der Waals surface area (Å²) in [5.74, 6) is 1.04. The maximum atomic E-state index is 12.3. The van der Waals surface area contributed by atoms with Crippen molar-refractivity contribution in [3.63, 3.8) is 0 Å². The van der Waals surface area contributed by atoms with Crippen LogP contribution >= 0.6 is 0 Å². The molecule has 0 aromatic heterocycles. The zero-order valence-corrected chi connectivity index (χ0v) is 14.5. The lowest BCUT2D eigenvalue weighted by Gasteiger charge is -2.25. The second kappa shape index (κ2) is 7.06. The Hall–Kier alpha value is -3.42. The van der Waals surface area contributed by atoms with Gasteiger partial charge in [0.15, 0.2) is 29.1 Å². The van der Waals surface area contributed by atoms with Gasteiger partial charge in [-0.3, -0.25) is 4.79 Å². The second-order valence-corrected chi connectivity index (χ2v) is 6.00. The van der Waals surface area contributed by atoms with E-state index in [1.807, 2.05) is 6.07 Å². The Morgan fingerprint density at radius 2 is 1.78 bits per heavy atom. The Balaban J connectivity index is 1.34. The lowest BCUT2D eigenvalue weighted by atomic mass is 10.2. The molecule has 27 heavy (non-hydrogen) atoms. The van der Waals surface area contributed by atoms with E-state index >= 15 is 0 Å². The van der Waals surface area contributed by atoms with E-state index in [0.717, 1.165) is 0 Å². The molecule has 0 saturated carbocycles. The molecule has 1 amide bonds. The van der Waals surface area contributed by atoms with E-state index in [4.69, 9.17) is 23.7 Å². The van der Waals surface area contributed by atoms with Crippen molar-refractivity contribution in [3.8, 4) is 23.0 Å². The Bertz CT molecular complexity index is 882. The van der Waals surface area contributed by atoms with Crippen molar-refractivity contribution in [1.29, 1.82) is 0 Å². The molecular formula is C19H17NO7. The number of carbonyl (C=O) groups is 2. The summed E-state index contributed by atoms with van der Waals surface area (Å²) < 4.78 is 26.8. The van der Waals surface area contributed by atoms with Crippen molar-refractivity contribution in [2.24, 2.45) is 0 Å². The number of nitrogens with one attached hydrogen (secondary N) is 1. The molecule has 2 aromatic carbocycles. The van der Waals surface area contributed by atoms with E-state index in [2.05, 4.69) is 5.32 Å². The predicted octanol–water partition coefficient (Wildman–Crippen LogP) is 2.13. The molecule has 0 fully saturated rings. The minimum atomic E-state index is -1.01. The fourth-order valence-electron chi connectivity index (χ4n) is 2.66. The molecule has 0 spiro atoms. The molecule has 2 aromatic rings. The van der Waals surface area contributed by atoms with Gasteiger partial charge in [-0.2, -0.15) is 0 Å². The zero-order valence-electron chi connectivity index (χ0n) is 14.5. The maximum Gasteiger partial charge on any atom is 0.351 e. The summed E-state index contributed by atoms with van der Waals surface area (Å²) in [6.07, 6.45) is -1.94. The van der Waals surface area contributed by atoms with Gasteiger partial charge < -0.3 is 29.0 Å². The van der Waals surface area contributed by atoms with Crippen molar-refractivity contribution in [1.82, 2.24) is 0 Å². The van der Waals surface area contributed by atoms with Crippen molar-refractivity contribution in [3.05, 3.63) is 42.5 Å². The molecule has 8 nitrogen and oxygen atoms in total. The van der Waals surface area contributed by atoms with Gasteiger partial charge in [0.25, 0.3) is 5.91 Å². The number of hydrogen-bond acceptors (Lipinski definition) is 7. The molecule has 140 valence electrons. The quantitative estimate of drug-likeness (QED) is 0.823. The highest BCUT2D eigenvalue weighted by atomic mass is 16.7. The van der Waals surface area contributed by atoms with Crippen LogP contribution < -0.4 is 24.3 Å². The Kier molecular flexibility index (Phi) is 4.45. The van der Waals surface area contributed by atoms with Gasteiger partial charge in [0.2, 0.25) is 12.9 Å². The SMILES string of the molecule is C[C@H](OC(=O)[C@@H]1COc2ccccc2O1)C(=O)Nc1ccc2c(c1)OCO2. The van der Waals surface area contributed by atoms with Gasteiger partial charge in [-0.1, -0.05) is 12.1 Å². The van der Waals surface area contributed by atoms with E-state index in [-0.39, 0.29) is 13.4 Å². The first kappa shape index (κ1) is 17.0. The fourth-order valence-corrected chi connectivity index (χ4v) is 2.66. The van der Waals surface area contributed by atoms with Crippen LogP contribution in [0, 0.1) is 0 Å². The fraction of sp³-hybridized carbons (Fsp3) is 0.263. The molecule has 2 heterocycles. The second-order valence-electron chi connectivity index (χ2n) is 6.00. The van der Waals surface area contributed by atoms with Crippen LogP contribution in [0.3, 0.4) is 0 Å². The van der Waals surface area contributed by atoms with Crippen LogP contribution in [0.25, 0.3) is 0 Å². The monoisotopic (exact) mass is 371 g/mol. The Morgan fingerprint density at radius 1 is 1.04 bits per heavy atom. The normalized spacial score (nSPS) is 17.7. The van der Waals surface area contributed by atoms with Gasteiger partial charge in [0.1, 0.15) is 6.61 Å². The lowest BCUT2D eigenvalue weighted by molar-refractivity contribution is -0.162. The van der Waals surface area contributed by atoms with Crippen LogP contribution in [0.4, 0.5) is 5.69 Å². The summed E-state index contributed by atoms with van der Waals surface area (Å²) in [6.45, 7) is 1.65. The van der Waals surface area contributed by atoms with E-state index < -0.39 is 24.1 Å². The third-order valence-electron chi connectivity index (χ3n) is 4.07. The van der Waals surface area contributed by atoms with Gasteiger partial charge in [-0.25, -0.2) is 4.79 Å². The van der Waals surface area contributed by atoms with E-state index in [1.54, 1.807) is 36.4 Å². The van der Waals surface area contributed by atoms with E-state index in [1.165, 1.54) is 6.92 Å². The number of amides is 1. The molecule has 0 bridgehead atoms. The standard InChI is InChI=1S/C19H17NO7/c1-11(18(21)20-12-6-7-14-16(8-12)25-10-24-14)26-19(22)17-9-23-13-4-2-3-5-15(13)27-17/h2-8,11,17H,9-10H2,1H3,(H,20,21)/t11-,17-/m0/s1. The largest absolute Gasteiger partial charge is 0.485 e. The van der Waals surface area contributed by atoms with Crippen molar-refractivity contribution >= 4 is 17.6 Å². The molecule has 2 atom stereocenters. The maximum absolute atomic E-state index is 12.3. The van der Waals surface area contributed by atoms with Crippen molar-refractivity contribution < 1.29 is 33.3 Å². The lowest BCUT2D eigenvalue weighted by Crippen LogP contribution is -2.41. The third-order valence-corrected chi connectivity index (χ3v) is 4.07. The topological polar surface area (TPSA) is 92.3 Å². The zero-order chi connectivity index (χ0) is 18.8. The summed E-state index contributed by atoms with van der Waals surface area (Å²) in [5, 5.41) is 2.67. The number of ether oxygens (including phenoxy) is 5. The van der Waals surface area contributed by atoms with Crippen molar-refractivity contribution in [2.45, 2.75) is 19.1 Å². The number of benzene rings is 2. The summed E-state index contributed by atoms with van der Waals surface area (Å²) >= 11 is 0. The molecule has 0 saturated heterocycles. The highest BCUT2D eigenvalue weighted by molar-refractivity contribution is 5.95.